The Balaban J connectivity index is 1.14. The molecule has 1 unspecified atom stereocenters. The van der Waals surface area contributed by atoms with Crippen molar-refractivity contribution >= 4 is 29.1 Å². The predicted molar refractivity (Wildman–Crippen MR) is 207 cm³/mol. The van der Waals surface area contributed by atoms with E-state index in [0.29, 0.717) is 16.1 Å². The number of hydrogen-bond donors (Lipinski definition) is 2. The molecule has 4 aromatic rings. The fraction of sp³-hybridized carbons (Fsp3) is 0.465. The molecule has 2 fully saturated rings. The van der Waals surface area contributed by atoms with Crippen molar-refractivity contribution in [3.05, 3.63) is 93.9 Å². The van der Waals surface area contributed by atoms with Crippen molar-refractivity contribution < 1.29 is 19.1 Å². The summed E-state index contributed by atoms with van der Waals surface area (Å²) in [6.45, 7) is 15.6. The molecule has 0 spiro atoms. The van der Waals surface area contributed by atoms with Crippen LogP contribution in [0, 0.1) is 11.8 Å². The van der Waals surface area contributed by atoms with E-state index in [4.69, 9.17) is 4.74 Å². The molecule has 52 heavy (non-hydrogen) atoms. The molecule has 2 bridgehead atoms. The molecule has 6 rings (SSSR count). The van der Waals surface area contributed by atoms with Crippen LogP contribution < -0.4 is 10.6 Å². The van der Waals surface area contributed by atoms with E-state index in [-0.39, 0.29) is 17.7 Å². The Morgan fingerprint density at radius 3 is 2.00 bits per heavy atom. The first-order valence-electron chi connectivity index (χ1n) is 18.5. The quantitative estimate of drug-likeness (QED) is 0.159. The van der Waals surface area contributed by atoms with Gasteiger partial charge < -0.3 is 15.4 Å². The fourth-order valence-corrected chi connectivity index (χ4v) is 8.79. The second-order valence-corrected chi connectivity index (χ2v) is 17.8. The molecule has 2 aromatic carbocycles. The highest BCUT2D eigenvalue weighted by atomic mass is 32.1. The van der Waals surface area contributed by atoms with E-state index >= 15 is 0 Å². The zero-order valence-electron chi connectivity index (χ0n) is 31.7. The minimum Gasteiger partial charge on any atom is -0.458 e. The first-order chi connectivity index (χ1) is 24.5. The highest BCUT2D eigenvalue weighted by Gasteiger charge is 2.51. The van der Waals surface area contributed by atoms with Crippen LogP contribution in [0.4, 0.5) is 0 Å². The van der Waals surface area contributed by atoms with E-state index in [9.17, 15) is 14.4 Å². The molecule has 3 atom stereocenters. The van der Waals surface area contributed by atoms with Crippen molar-refractivity contribution in [3.8, 4) is 22.5 Å². The molecule has 2 N–H and O–H groups in total. The number of ether oxygens (including phenoxy) is 1. The average Bonchev–Trinajstić information content (AvgIpc) is 3.82. The maximum absolute atomic E-state index is 13.6. The van der Waals surface area contributed by atoms with Crippen molar-refractivity contribution in [2.75, 3.05) is 0 Å². The summed E-state index contributed by atoms with van der Waals surface area (Å²) in [5.41, 5.74) is 4.77. The Hall–Kier alpha value is -4.37. The fourth-order valence-electron chi connectivity index (χ4n) is 7.82. The van der Waals surface area contributed by atoms with Gasteiger partial charge in [0.05, 0.1) is 4.88 Å². The standard InChI is InChI=1S/C43H52N4O4S/c1-26-29-19-21-43(26,22-20-29)33-15-13-30(14-16-33)32-24-44-37(45-25-32)31-11-9-28(10-12-31)23-34(38(48)46-27(2)40(50)51-42(6,7)8)47-39(49)35-17-18-36(52-35)41(3,4)5/h9-18,24-27,29,34H,19-23H2,1-8H3,(H,46,48)(H,47,49)/t26?,27-,29-,34+,43+/m1/s1. The maximum Gasteiger partial charge on any atom is 0.328 e. The molecule has 2 aliphatic carbocycles. The van der Waals surface area contributed by atoms with Crippen LogP contribution in [0.25, 0.3) is 22.5 Å². The maximum atomic E-state index is 13.6. The zero-order valence-corrected chi connectivity index (χ0v) is 32.5. The lowest BCUT2D eigenvalue weighted by molar-refractivity contribution is -0.158. The number of rotatable bonds is 10. The van der Waals surface area contributed by atoms with E-state index in [1.807, 2.05) is 42.7 Å². The zero-order chi connectivity index (χ0) is 37.4. The van der Waals surface area contributed by atoms with Gasteiger partial charge in [0, 0.05) is 34.8 Å². The normalized spacial score (nSPS) is 21.0. The van der Waals surface area contributed by atoms with Gasteiger partial charge >= 0.3 is 5.97 Å². The number of amides is 2. The van der Waals surface area contributed by atoms with Crippen LogP contribution in [0.5, 0.6) is 0 Å². The number of benzene rings is 2. The number of carbonyl (C=O) groups excluding carboxylic acids is 3. The van der Waals surface area contributed by atoms with E-state index in [0.717, 1.165) is 39.0 Å². The number of hydrogen-bond acceptors (Lipinski definition) is 7. The van der Waals surface area contributed by atoms with Crippen LogP contribution in [0.2, 0.25) is 0 Å². The minimum absolute atomic E-state index is 0.104. The summed E-state index contributed by atoms with van der Waals surface area (Å²) in [6, 6.07) is 18.6. The molecule has 8 nitrogen and oxygen atoms in total. The van der Waals surface area contributed by atoms with Crippen molar-refractivity contribution in [1.82, 2.24) is 20.6 Å². The first kappa shape index (κ1) is 37.4. The molecule has 0 saturated heterocycles. The van der Waals surface area contributed by atoms with Gasteiger partial charge in [-0.25, -0.2) is 14.8 Å². The second kappa shape index (κ2) is 14.6. The highest BCUT2D eigenvalue weighted by molar-refractivity contribution is 7.14. The first-order valence-corrected chi connectivity index (χ1v) is 19.3. The Kier molecular flexibility index (Phi) is 10.5. The monoisotopic (exact) mass is 720 g/mol. The number of aromatic nitrogens is 2. The number of nitrogens with one attached hydrogen (secondary N) is 2. The molecule has 2 amide bonds. The SMILES string of the molecule is CC1[C@H]2CC[C@@]1(c1ccc(-c3cnc(-c4ccc(C[C@H](NC(=O)c5ccc(C(C)(C)C)s5)C(=O)N[C@H](C)C(=O)OC(C)(C)C)cc4)nc3)cc1)CC2. The Labute approximate surface area is 312 Å². The molecule has 2 heterocycles. The molecular formula is C43H52N4O4S. The topological polar surface area (TPSA) is 110 Å². The number of thiophene rings is 1. The number of nitrogens with zero attached hydrogens (tertiary/aromatic N) is 2. The van der Waals surface area contributed by atoms with Gasteiger partial charge in [0.25, 0.3) is 5.91 Å². The van der Waals surface area contributed by atoms with E-state index in [1.165, 1.54) is 42.6 Å². The number of fused-ring (bicyclic) bond motifs is 2. The third kappa shape index (κ3) is 8.15. The Bertz CT molecular complexity index is 1890. The summed E-state index contributed by atoms with van der Waals surface area (Å²) in [5.74, 6) is 0.885. The summed E-state index contributed by atoms with van der Waals surface area (Å²) >= 11 is 1.41. The summed E-state index contributed by atoms with van der Waals surface area (Å²) < 4.78 is 5.46. The summed E-state index contributed by atoms with van der Waals surface area (Å²) in [4.78, 5) is 50.6. The van der Waals surface area contributed by atoms with Crippen molar-refractivity contribution in [3.63, 3.8) is 0 Å². The Morgan fingerprint density at radius 2 is 1.46 bits per heavy atom. The summed E-state index contributed by atoms with van der Waals surface area (Å²) in [6.07, 6.45) is 9.27. The van der Waals surface area contributed by atoms with Crippen LogP contribution in [-0.4, -0.2) is 45.4 Å². The third-order valence-electron chi connectivity index (χ3n) is 10.9. The van der Waals surface area contributed by atoms with E-state index in [2.05, 4.69) is 72.6 Å². The molecule has 2 aliphatic rings. The van der Waals surface area contributed by atoms with Gasteiger partial charge in [0.2, 0.25) is 5.91 Å². The second-order valence-electron chi connectivity index (χ2n) is 16.8. The lowest BCUT2D eigenvalue weighted by Crippen LogP contribution is -2.52. The molecule has 0 radical (unpaired) electrons. The average molecular weight is 721 g/mol. The largest absolute Gasteiger partial charge is 0.458 e. The van der Waals surface area contributed by atoms with Gasteiger partial charge in [-0.15, -0.1) is 11.3 Å². The molecule has 0 aliphatic heterocycles. The third-order valence-corrected chi connectivity index (χ3v) is 12.4. The van der Waals surface area contributed by atoms with Crippen molar-refractivity contribution in [2.24, 2.45) is 11.8 Å². The summed E-state index contributed by atoms with van der Waals surface area (Å²) in [5, 5.41) is 5.66. The van der Waals surface area contributed by atoms with Crippen LogP contribution >= 0.6 is 11.3 Å². The van der Waals surface area contributed by atoms with Crippen LogP contribution in [0.1, 0.15) is 107 Å². The van der Waals surface area contributed by atoms with E-state index < -0.39 is 29.6 Å². The molecule has 2 aromatic heterocycles. The molecular weight excluding hydrogens is 669 g/mol. The van der Waals surface area contributed by atoms with Gasteiger partial charge in [-0.2, -0.15) is 0 Å². The lowest BCUT2D eigenvalue weighted by atomic mass is 9.73. The van der Waals surface area contributed by atoms with Gasteiger partial charge in [-0.05, 0) is 105 Å². The smallest absolute Gasteiger partial charge is 0.328 e. The number of carbonyl (C=O) groups is 3. The predicted octanol–water partition coefficient (Wildman–Crippen LogP) is 8.43. The van der Waals surface area contributed by atoms with E-state index in [1.54, 1.807) is 33.8 Å². The van der Waals surface area contributed by atoms with Gasteiger partial charge in [-0.3, -0.25) is 9.59 Å². The van der Waals surface area contributed by atoms with Gasteiger partial charge in [-0.1, -0.05) is 76.2 Å². The summed E-state index contributed by atoms with van der Waals surface area (Å²) in [7, 11) is 0. The van der Waals surface area contributed by atoms with Crippen molar-refractivity contribution in [2.45, 2.75) is 116 Å². The van der Waals surface area contributed by atoms with Crippen molar-refractivity contribution in [1.29, 1.82) is 0 Å². The van der Waals surface area contributed by atoms with Gasteiger partial charge in [0.15, 0.2) is 5.82 Å². The minimum atomic E-state index is -0.933. The molecule has 274 valence electrons. The lowest BCUT2D eigenvalue weighted by Gasteiger charge is -2.31. The number of esters is 1. The van der Waals surface area contributed by atoms with Crippen LogP contribution in [0.3, 0.4) is 0 Å². The molecule has 2 saturated carbocycles. The molecule has 9 heteroatoms. The Morgan fingerprint density at radius 1 is 0.846 bits per heavy atom. The van der Waals surface area contributed by atoms with Crippen LogP contribution in [-0.2, 0) is 31.6 Å². The highest BCUT2D eigenvalue weighted by Crippen LogP contribution is 2.59. The van der Waals surface area contributed by atoms with Gasteiger partial charge in [0.1, 0.15) is 17.7 Å². The van der Waals surface area contributed by atoms with Crippen LogP contribution in [0.15, 0.2) is 73.1 Å².